The SMILES string of the molecule is CCC(C)CN(CC)c1ncc(Br)cc1CO. The summed E-state index contributed by atoms with van der Waals surface area (Å²) in [4.78, 5) is 6.65. The molecule has 1 aromatic rings. The van der Waals surface area contributed by atoms with E-state index in [0.29, 0.717) is 5.92 Å². The van der Waals surface area contributed by atoms with E-state index in [1.807, 2.05) is 6.07 Å². The van der Waals surface area contributed by atoms with Gasteiger partial charge < -0.3 is 10.0 Å². The van der Waals surface area contributed by atoms with E-state index in [1.54, 1.807) is 6.20 Å². The molecular weight excluding hydrogens is 280 g/mol. The van der Waals surface area contributed by atoms with Crippen molar-refractivity contribution in [2.24, 2.45) is 5.92 Å². The highest BCUT2D eigenvalue weighted by atomic mass is 79.9. The number of aliphatic hydroxyl groups excluding tert-OH is 1. The van der Waals surface area contributed by atoms with Crippen LogP contribution >= 0.6 is 15.9 Å². The van der Waals surface area contributed by atoms with E-state index in [9.17, 15) is 5.11 Å². The van der Waals surface area contributed by atoms with Crippen molar-refractivity contribution in [1.82, 2.24) is 4.98 Å². The molecule has 0 aliphatic carbocycles. The number of aromatic nitrogens is 1. The normalized spacial score (nSPS) is 12.5. The highest BCUT2D eigenvalue weighted by molar-refractivity contribution is 9.10. The molecule has 0 saturated heterocycles. The molecule has 17 heavy (non-hydrogen) atoms. The predicted molar refractivity (Wildman–Crippen MR) is 75.2 cm³/mol. The second kappa shape index (κ2) is 6.97. The zero-order chi connectivity index (χ0) is 12.8. The van der Waals surface area contributed by atoms with Gasteiger partial charge in [0.05, 0.1) is 6.61 Å². The van der Waals surface area contributed by atoms with Gasteiger partial charge in [-0.05, 0) is 34.8 Å². The second-order valence-electron chi connectivity index (χ2n) is 4.35. The molecule has 1 N–H and O–H groups in total. The third kappa shape index (κ3) is 3.96. The molecule has 96 valence electrons. The van der Waals surface area contributed by atoms with Gasteiger partial charge in [0, 0.05) is 29.3 Å². The summed E-state index contributed by atoms with van der Waals surface area (Å²) in [6.07, 6.45) is 2.94. The topological polar surface area (TPSA) is 36.4 Å². The van der Waals surface area contributed by atoms with Crippen LogP contribution in [0.5, 0.6) is 0 Å². The smallest absolute Gasteiger partial charge is 0.134 e. The Kier molecular flexibility index (Phi) is 5.92. The molecule has 0 bridgehead atoms. The van der Waals surface area contributed by atoms with E-state index < -0.39 is 0 Å². The lowest BCUT2D eigenvalue weighted by molar-refractivity contribution is 0.281. The molecule has 1 aromatic heterocycles. The van der Waals surface area contributed by atoms with Crippen LogP contribution in [0.2, 0.25) is 0 Å². The maximum absolute atomic E-state index is 9.39. The van der Waals surface area contributed by atoms with E-state index in [0.717, 1.165) is 35.4 Å². The van der Waals surface area contributed by atoms with Crippen LogP contribution in [-0.4, -0.2) is 23.2 Å². The van der Waals surface area contributed by atoms with Gasteiger partial charge in [-0.2, -0.15) is 0 Å². The molecule has 0 spiro atoms. The fourth-order valence-corrected chi connectivity index (χ4v) is 2.12. The van der Waals surface area contributed by atoms with Crippen molar-refractivity contribution >= 4 is 21.7 Å². The van der Waals surface area contributed by atoms with E-state index in [2.05, 4.69) is 46.6 Å². The van der Waals surface area contributed by atoms with Gasteiger partial charge in [-0.3, -0.25) is 0 Å². The van der Waals surface area contributed by atoms with Crippen molar-refractivity contribution in [3.63, 3.8) is 0 Å². The largest absolute Gasteiger partial charge is 0.392 e. The summed E-state index contributed by atoms with van der Waals surface area (Å²) in [7, 11) is 0. The molecule has 0 aliphatic heterocycles. The molecule has 3 nitrogen and oxygen atoms in total. The maximum Gasteiger partial charge on any atom is 0.134 e. The van der Waals surface area contributed by atoms with Gasteiger partial charge in [0.2, 0.25) is 0 Å². The summed E-state index contributed by atoms with van der Waals surface area (Å²) in [5.74, 6) is 1.53. The predicted octanol–water partition coefficient (Wildman–Crippen LogP) is 3.21. The average Bonchev–Trinajstić information content (AvgIpc) is 2.35. The molecule has 0 fully saturated rings. The van der Waals surface area contributed by atoms with Crippen LogP contribution in [0.4, 0.5) is 5.82 Å². The summed E-state index contributed by atoms with van der Waals surface area (Å²) in [5.41, 5.74) is 0.879. The first-order valence-electron chi connectivity index (χ1n) is 6.12. The fourth-order valence-electron chi connectivity index (χ4n) is 1.75. The Balaban J connectivity index is 2.94. The van der Waals surface area contributed by atoms with Crippen LogP contribution in [0.3, 0.4) is 0 Å². The Morgan fingerprint density at radius 1 is 1.47 bits per heavy atom. The van der Waals surface area contributed by atoms with Crippen LogP contribution in [0.1, 0.15) is 32.8 Å². The number of anilines is 1. The number of aliphatic hydroxyl groups is 1. The summed E-state index contributed by atoms with van der Waals surface area (Å²) >= 11 is 3.38. The quantitative estimate of drug-likeness (QED) is 0.876. The number of hydrogen-bond acceptors (Lipinski definition) is 3. The molecule has 0 aromatic carbocycles. The summed E-state index contributed by atoms with van der Waals surface area (Å²) in [6.45, 7) is 8.47. The molecule has 0 amide bonds. The van der Waals surface area contributed by atoms with Crippen molar-refractivity contribution in [2.75, 3.05) is 18.0 Å². The van der Waals surface area contributed by atoms with Crippen LogP contribution in [0.15, 0.2) is 16.7 Å². The lowest BCUT2D eigenvalue weighted by atomic mass is 10.1. The molecule has 1 rings (SSSR count). The molecule has 4 heteroatoms. The molecule has 0 saturated carbocycles. The van der Waals surface area contributed by atoms with E-state index in [4.69, 9.17) is 0 Å². The lowest BCUT2D eigenvalue weighted by Gasteiger charge is -2.26. The second-order valence-corrected chi connectivity index (χ2v) is 5.26. The third-order valence-corrected chi connectivity index (χ3v) is 3.42. The fraction of sp³-hybridized carbons (Fsp3) is 0.615. The van der Waals surface area contributed by atoms with Gasteiger partial charge in [0.1, 0.15) is 5.82 Å². The molecule has 1 heterocycles. The maximum atomic E-state index is 9.39. The first kappa shape index (κ1) is 14.5. The van der Waals surface area contributed by atoms with Crippen LogP contribution in [-0.2, 0) is 6.61 Å². The van der Waals surface area contributed by atoms with E-state index in [1.165, 1.54) is 0 Å². The zero-order valence-electron chi connectivity index (χ0n) is 10.8. The molecular formula is C13H21BrN2O. The average molecular weight is 301 g/mol. The van der Waals surface area contributed by atoms with Crippen molar-refractivity contribution in [1.29, 1.82) is 0 Å². The molecule has 1 unspecified atom stereocenters. The molecule has 0 aliphatic rings. The van der Waals surface area contributed by atoms with Gasteiger partial charge in [0.25, 0.3) is 0 Å². The number of pyridine rings is 1. The van der Waals surface area contributed by atoms with Gasteiger partial charge in [-0.15, -0.1) is 0 Å². The van der Waals surface area contributed by atoms with Crippen molar-refractivity contribution in [3.8, 4) is 0 Å². The highest BCUT2D eigenvalue weighted by Crippen LogP contribution is 2.22. The summed E-state index contributed by atoms with van der Waals surface area (Å²) < 4.78 is 0.907. The van der Waals surface area contributed by atoms with Gasteiger partial charge in [0.15, 0.2) is 0 Å². The minimum Gasteiger partial charge on any atom is -0.392 e. The van der Waals surface area contributed by atoms with Crippen molar-refractivity contribution in [3.05, 3.63) is 22.3 Å². The number of rotatable bonds is 6. The Labute approximate surface area is 112 Å². The third-order valence-electron chi connectivity index (χ3n) is 2.99. The number of nitrogens with zero attached hydrogens (tertiary/aromatic N) is 2. The van der Waals surface area contributed by atoms with Crippen molar-refractivity contribution < 1.29 is 5.11 Å². The highest BCUT2D eigenvalue weighted by Gasteiger charge is 2.13. The minimum atomic E-state index is 0.0266. The summed E-state index contributed by atoms with van der Waals surface area (Å²) in [6, 6.07) is 1.93. The van der Waals surface area contributed by atoms with Gasteiger partial charge in [-0.1, -0.05) is 20.3 Å². The summed E-state index contributed by atoms with van der Waals surface area (Å²) in [5, 5.41) is 9.39. The van der Waals surface area contributed by atoms with E-state index in [-0.39, 0.29) is 6.61 Å². The monoisotopic (exact) mass is 300 g/mol. The Morgan fingerprint density at radius 3 is 2.71 bits per heavy atom. The Bertz CT molecular complexity index is 357. The number of halogens is 1. The molecule has 1 atom stereocenters. The van der Waals surface area contributed by atoms with Crippen LogP contribution in [0, 0.1) is 5.92 Å². The Hall–Kier alpha value is -0.610. The van der Waals surface area contributed by atoms with Crippen molar-refractivity contribution in [2.45, 2.75) is 33.8 Å². The van der Waals surface area contributed by atoms with E-state index >= 15 is 0 Å². The first-order valence-corrected chi connectivity index (χ1v) is 6.91. The minimum absolute atomic E-state index is 0.0266. The lowest BCUT2D eigenvalue weighted by Crippen LogP contribution is -2.29. The molecule has 0 radical (unpaired) electrons. The Morgan fingerprint density at radius 2 is 2.18 bits per heavy atom. The zero-order valence-corrected chi connectivity index (χ0v) is 12.4. The van der Waals surface area contributed by atoms with Gasteiger partial charge >= 0.3 is 0 Å². The van der Waals surface area contributed by atoms with Gasteiger partial charge in [-0.25, -0.2) is 4.98 Å². The number of hydrogen-bond donors (Lipinski definition) is 1. The first-order chi connectivity index (χ1) is 8.12. The van der Waals surface area contributed by atoms with Crippen LogP contribution < -0.4 is 4.90 Å². The standard InChI is InChI=1S/C13H21BrN2O/c1-4-10(3)8-16(5-2)13-11(9-17)6-12(14)7-15-13/h6-7,10,17H,4-5,8-9H2,1-3H3. The van der Waals surface area contributed by atoms with Crippen LogP contribution in [0.25, 0.3) is 0 Å².